The highest BCUT2D eigenvalue weighted by Gasteiger charge is 2.25. The van der Waals surface area contributed by atoms with Gasteiger partial charge in [-0.3, -0.25) is 0 Å². The van der Waals surface area contributed by atoms with E-state index in [2.05, 4.69) is 14.0 Å². The minimum Gasteiger partial charge on any atom is -0.376 e. The topological polar surface area (TPSA) is 9.23 Å². The zero-order valence-electron chi connectivity index (χ0n) is 8.51. The lowest BCUT2D eigenvalue weighted by atomic mass is 10.4. The summed E-state index contributed by atoms with van der Waals surface area (Å²) < 4.78 is 6.73. The van der Waals surface area contributed by atoms with Crippen molar-refractivity contribution in [1.82, 2.24) is 0 Å². The van der Waals surface area contributed by atoms with Crippen molar-refractivity contribution in [1.29, 1.82) is 0 Å². The molecule has 0 spiro atoms. The predicted octanol–water partition coefficient (Wildman–Crippen LogP) is 1.65. The minimum absolute atomic E-state index is 0.931. The van der Waals surface area contributed by atoms with Crippen LogP contribution in [0.5, 0.6) is 0 Å². The first-order valence-corrected chi connectivity index (χ1v) is 5.18. The summed E-state index contributed by atoms with van der Waals surface area (Å²) in [6, 6.07) is 0. The van der Waals surface area contributed by atoms with Crippen LogP contribution in [0.4, 0.5) is 0 Å². The van der Waals surface area contributed by atoms with E-state index in [1.807, 2.05) is 0 Å². The van der Waals surface area contributed by atoms with Gasteiger partial charge in [0.2, 0.25) is 0 Å². The van der Waals surface area contributed by atoms with E-state index < -0.39 is 0 Å². The molecule has 0 unspecified atom stereocenters. The zero-order valence-corrected chi connectivity index (χ0v) is 8.51. The number of likely N-dealkylation sites (tertiary alicyclic amines) is 1. The van der Waals surface area contributed by atoms with Gasteiger partial charge in [-0.2, -0.15) is 0 Å². The van der Waals surface area contributed by atoms with Crippen molar-refractivity contribution in [2.45, 2.75) is 26.2 Å². The Balaban J connectivity index is 2.05. The molecular weight excluding hydrogens is 150 g/mol. The maximum absolute atomic E-state index is 5.49. The van der Waals surface area contributed by atoms with Gasteiger partial charge < -0.3 is 9.22 Å². The van der Waals surface area contributed by atoms with Gasteiger partial charge in [-0.25, -0.2) is 0 Å². The van der Waals surface area contributed by atoms with Crippen LogP contribution in [-0.2, 0) is 4.74 Å². The summed E-state index contributed by atoms with van der Waals surface area (Å²) >= 11 is 0. The molecule has 0 aromatic carbocycles. The second-order valence-electron chi connectivity index (χ2n) is 4.11. The summed E-state index contributed by atoms with van der Waals surface area (Å²) in [6.07, 6.45) is 3.96. The predicted molar refractivity (Wildman–Crippen MR) is 51.1 cm³/mol. The van der Waals surface area contributed by atoms with E-state index in [1.54, 1.807) is 0 Å². The lowest BCUT2D eigenvalue weighted by Gasteiger charge is -2.28. The lowest BCUT2D eigenvalue weighted by molar-refractivity contribution is -0.898. The highest BCUT2D eigenvalue weighted by atomic mass is 16.5. The molecule has 0 aliphatic carbocycles. The summed E-state index contributed by atoms with van der Waals surface area (Å²) in [6.45, 7) is 7.96. The van der Waals surface area contributed by atoms with Crippen LogP contribution in [0.1, 0.15) is 26.2 Å². The summed E-state index contributed by atoms with van der Waals surface area (Å²) in [5, 5.41) is 0. The van der Waals surface area contributed by atoms with Crippen LogP contribution in [0.3, 0.4) is 0 Å². The van der Waals surface area contributed by atoms with Crippen molar-refractivity contribution < 1.29 is 9.22 Å². The van der Waals surface area contributed by atoms with E-state index in [1.165, 1.54) is 37.0 Å². The SMILES string of the molecule is CCCOCC[N+]1(C)CCCC1. The standard InChI is InChI=1S/C10H22NO/c1-3-9-12-10-8-11(2)6-4-5-7-11/h3-10H2,1-2H3/q+1. The molecule has 1 saturated heterocycles. The first-order chi connectivity index (χ1) is 5.77. The van der Waals surface area contributed by atoms with Gasteiger partial charge >= 0.3 is 0 Å². The van der Waals surface area contributed by atoms with Gasteiger partial charge in [-0.05, 0) is 6.42 Å². The van der Waals surface area contributed by atoms with E-state index in [0.717, 1.165) is 19.6 Å². The number of quaternary nitrogens is 1. The smallest absolute Gasteiger partial charge is 0.102 e. The molecule has 0 N–H and O–H groups in total. The van der Waals surface area contributed by atoms with Crippen LogP contribution in [0.25, 0.3) is 0 Å². The van der Waals surface area contributed by atoms with Gasteiger partial charge in [-0.1, -0.05) is 6.92 Å². The van der Waals surface area contributed by atoms with Crippen LogP contribution >= 0.6 is 0 Å². The third-order valence-corrected chi connectivity index (χ3v) is 2.77. The monoisotopic (exact) mass is 172 g/mol. The molecule has 0 radical (unpaired) electrons. The lowest BCUT2D eigenvalue weighted by Crippen LogP contribution is -2.43. The zero-order chi connectivity index (χ0) is 8.86. The third kappa shape index (κ3) is 3.11. The van der Waals surface area contributed by atoms with E-state index in [9.17, 15) is 0 Å². The molecule has 2 heteroatoms. The highest BCUT2D eigenvalue weighted by molar-refractivity contribution is 4.51. The van der Waals surface area contributed by atoms with Crippen molar-refractivity contribution in [3.05, 3.63) is 0 Å². The van der Waals surface area contributed by atoms with Gasteiger partial charge in [0.15, 0.2) is 0 Å². The maximum atomic E-state index is 5.49. The van der Waals surface area contributed by atoms with Crippen LogP contribution in [0.2, 0.25) is 0 Å². The molecule has 2 nitrogen and oxygen atoms in total. The van der Waals surface area contributed by atoms with E-state index in [-0.39, 0.29) is 0 Å². The fraction of sp³-hybridized carbons (Fsp3) is 1.00. The van der Waals surface area contributed by atoms with Gasteiger partial charge in [0.25, 0.3) is 0 Å². The summed E-state index contributed by atoms with van der Waals surface area (Å²) in [5.41, 5.74) is 0. The average molecular weight is 172 g/mol. The Hall–Kier alpha value is -0.0800. The average Bonchev–Trinajstić information content (AvgIpc) is 2.47. The number of rotatable bonds is 5. The Labute approximate surface area is 76.1 Å². The molecule has 0 saturated carbocycles. The number of ether oxygens (including phenoxy) is 1. The Morgan fingerprint density at radius 2 is 1.83 bits per heavy atom. The van der Waals surface area contributed by atoms with Crippen LogP contribution in [0.15, 0.2) is 0 Å². The van der Waals surface area contributed by atoms with Crippen LogP contribution < -0.4 is 0 Å². The molecular formula is C10H22NO+. The molecule has 1 fully saturated rings. The largest absolute Gasteiger partial charge is 0.376 e. The van der Waals surface area contributed by atoms with Crippen molar-refractivity contribution >= 4 is 0 Å². The second-order valence-corrected chi connectivity index (χ2v) is 4.11. The molecule has 1 aliphatic heterocycles. The fourth-order valence-corrected chi connectivity index (χ4v) is 1.85. The number of likely N-dealkylation sites (N-methyl/N-ethyl adjacent to an activating group) is 1. The highest BCUT2D eigenvalue weighted by Crippen LogP contribution is 2.15. The summed E-state index contributed by atoms with van der Waals surface area (Å²) in [4.78, 5) is 0. The normalized spacial score (nSPS) is 21.5. The summed E-state index contributed by atoms with van der Waals surface area (Å²) in [5.74, 6) is 0. The molecule has 72 valence electrons. The van der Waals surface area contributed by atoms with E-state index in [4.69, 9.17) is 4.74 Å². The summed E-state index contributed by atoms with van der Waals surface area (Å²) in [7, 11) is 2.35. The molecule has 0 aromatic rings. The minimum atomic E-state index is 0.931. The molecule has 1 heterocycles. The van der Waals surface area contributed by atoms with Gasteiger partial charge in [0.1, 0.15) is 6.54 Å². The molecule has 1 aliphatic rings. The third-order valence-electron chi connectivity index (χ3n) is 2.77. The molecule has 0 bridgehead atoms. The Morgan fingerprint density at radius 1 is 1.17 bits per heavy atom. The number of hydrogen-bond donors (Lipinski definition) is 0. The number of hydrogen-bond acceptors (Lipinski definition) is 1. The molecule has 12 heavy (non-hydrogen) atoms. The first-order valence-electron chi connectivity index (χ1n) is 5.18. The van der Waals surface area contributed by atoms with Gasteiger partial charge in [-0.15, -0.1) is 0 Å². The van der Waals surface area contributed by atoms with Crippen molar-refractivity contribution in [2.24, 2.45) is 0 Å². The van der Waals surface area contributed by atoms with E-state index in [0.29, 0.717) is 0 Å². The van der Waals surface area contributed by atoms with Crippen LogP contribution in [0, 0.1) is 0 Å². The second kappa shape index (κ2) is 4.83. The van der Waals surface area contributed by atoms with Crippen molar-refractivity contribution in [2.75, 3.05) is 39.9 Å². The Morgan fingerprint density at radius 3 is 2.42 bits per heavy atom. The molecule has 1 rings (SSSR count). The fourth-order valence-electron chi connectivity index (χ4n) is 1.85. The number of nitrogens with zero attached hydrogens (tertiary/aromatic N) is 1. The molecule has 0 amide bonds. The first kappa shape index (κ1) is 10.0. The van der Waals surface area contributed by atoms with Gasteiger partial charge in [0, 0.05) is 19.4 Å². The molecule has 0 aromatic heterocycles. The Kier molecular flexibility index (Phi) is 4.02. The van der Waals surface area contributed by atoms with Crippen LogP contribution in [-0.4, -0.2) is 44.4 Å². The maximum Gasteiger partial charge on any atom is 0.102 e. The van der Waals surface area contributed by atoms with Crippen molar-refractivity contribution in [3.63, 3.8) is 0 Å². The van der Waals surface area contributed by atoms with Gasteiger partial charge in [0.05, 0.1) is 26.7 Å². The van der Waals surface area contributed by atoms with Crippen molar-refractivity contribution in [3.8, 4) is 0 Å². The Bertz CT molecular complexity index is 119. The van der Waals surface area contributed by atoms with E-state index >= 15 is 0 Å². The molecule has 0 atom stereocenters. The quantitative estimate of drug-likeness (QED) is 0.452.